The molecule has 1 amide bonds. The third-order valence-corrected chi connectivity index (χ3v) is 4.25. The summed E-state index contributed by atoms with van der Waals surface area (Å²) in [5.74, 6) is 2.26. The molecule has 3 N–H and O–H groups in total. The van der Waals surface area contributed by atoms with Crippen molar-refractivity contribution in [1.82, 2.24) is 5.32 Å². The lowest BCUT2D eigenvalue weighted by molar-refractivity contribution is -0.123. The molecular formula is C14H20N2OS. The van der Waals surface area contributed by atoms with Crippen molar-refractivity contribution in [3.8, 4) is 0 Å². The van der Waals surface area contributed by atoms with E-state index in [0.717, 1.165) is 29.9 Å². The van der Waals surface area contributed by atoms with Crippen molar-refractivity contribution in [2.45, 2.75) is 31.3 Å². The van der Waals surface area contributed by atoms with E-state index in [4.69, 9.17) is 5.73 Å². The van der Waals surface area contributed by atoms with Crippen LogP contribution in [0.4, 0.5) is 0 Å². The SMILES string of the molecule is N[C@H](Cc1ccccc1)C(=O)NC1CCSCC1. The summed E-state index contributed by atoms with van der Waals surface area (Å²) >= 11 is 1.95. The fraction of sp³-hybridized carbons (Fsp3) is 0.500. The van der Waals surface area contributed by atoms with Crippen LogP contribution in [0.25, 0.3) is 0 Å². The van der Waals surface area contributed by atoms with Gasteiger partial charge in [-0.25, -0.2) is 0 Å². The summed E-state index contributed by atoms with van der Waals surface area (Å²) in [5, 5.41) is 3.06. The average Bonchev–Trinajstić information content (AvgIpc) is 2.41. The van der Waals surface area contributed by atoms with Crippen molar-refractivity contribution in [1.29, 1.82) is 0 Å². The van der Waals surface area contributed by atoms with Crippen LogP contribution in [0.5, 0.6) is 0 Å². The second kappa shape index (κ2) is 6.81. The molecule has 1 aromatic rings. The second-order valence-corrected chi connectivity index (χ2v) is 5.92. The summed E-state index contributed by atoms with van der Waals surface area (Å²) in [4.78, 5) is 12.0. The van der Waals surface area contributed by atoms with E-state index in [1.54, 1.807) is 0 Å². The fourth-order valence-electron chi connectivity index (χ4n) is 2.11. The van der Waals surface area contributed by atoms with E-state index in [-0.39, 0.29) is 5.91 Å². The minimum absolute atomic E-state index is 0.0178. The van der Waals surface area contributed by atoms with Gasteiger partial charge in [0.25, 0.3) is 0 Å². The molecule has 98 valence electrons. The van der Waals surface area contributed by atoms with Crippen LogP contribution in [0.15, 0.2) is 30.3 Å². The Bertz CT molecular complexity index is 377. The van der Waals surface area contributed by atoms with Gasteiger partial charge in [-0.05, 0) is 36.3 Å². The molecule has 0 bridgehead atoms. The van der Waals surface area contributed by atoms with Crippen molar-refractivity contribution in [3.63, 3.8) is 0 Å². The van der Waals surface area contributed by atoms with Crippen LogP contribution in [0.2, 0.25) is 0 Å². The highest BCUT2D eigenvalue weighted by Crippen LogP contribution is 2.17. The molecule has 4 heteroatoms. The molecule has 1 saturated heterocycles. The lowest BCUT2D eigenvalue weighted by Crippen LogP contribution is -2.47. The van der Waals surface area contributed by atoms with Crippen molar-refractivity contribution in [2.75, 3.05) is 11.5 Å². The van der Waals surface area contributed by atoms with Gasteiger partial charge in [0.2, 0.25) is 5.91 Å². The number of hydrogen-bond acceptors (Lipinski definition) is 3. The lowest BCUT2D eigenvalue weighted by Gasteiger charge is -2.24. The van der Waals surface area contributed by atoms with Gasteiger partial charge < -0.3 is 11.1 Å². The fourth-order valence-corrected chi connectivity index (χ4v) is 3.22. The summed E-state index contributed by atoms with van der Waals surface area (Å²) in [6.07, 6.45) is 2.73. The summed E-state index contributed by atoms with van der Waals surface area (Å²) < 4.78 is 0. The molecule has 1 heterocycles. The molecule has 2 rings (SSSR count). The molecule has 1 atom stereocenters. The van der Waals surface area contributed by atoms with Crippen LogP contribution >= 0.6 is 11.8 Å². The van der Waals surface area contributed by atoms with Gasteiger partial charge in [0.1, 0.15) is 0 Å². The highest BCUT2D eigenvalue weighted by molar-refractivity contribution is 7.99. The highest BCUT2D eigenvalue weighted by Gasteiger charge is 2.20. The maximum atomic E-state index is 12.0. The molecule has 0 unspecified atom stereocenters. The van der Waals surface area contributed by atoms with Crippen LogP contribution in [0.1, 0.15) is 18.4 Å². The van der Waals surface area contributed by atoms with Gasteiger partial charge in [-0.2, -0.15) is 11.8 Å². The average molecular weight is 264 g/mol. The minimum atomic E-state index is -0.443. The molecule has 0 radical (unpaired) electrons. The molecule has 3 nitrogen and oxygen atoms in total. The Balaban J connectivity index is 1.81. The molecule has 1 fully saturated rings. The number of amides is 1. The topological polar surface area (TPSA) is 55.1 Å². The molecule has 0 saturated carbocycles. The van der Waals surface area contributed by atoms with Gasteiger partial charge in [0.05, 0.1) is 6.04 Å². The smallest absolute Gasteiger partial charge is 0.237 e. The van der Waals surface area contributed by atoms with E-state index in [0.29, 0.717) is 12.5 Å². The number of benzene rings is 1. The monoisotopic (exact) mass is 264 g/mol. The van der Waals surface area contributed by atoms with E-state index in [9.17, 15) is 4.79 Å². The summed E-state index contributed by atoms with van der Waals surface area (Å²) in [6.45, 7) is 0. The number of rotatable bonds is 4. The number of nitrogens with two attached hydrogens (primary N) is 1. The van der Waals surface area contributed by atoms with Gasteiger partial charge in [0, 0.05) is 6.04 Å². The third-order valence-electron chi connectivity index (χ3n) is 3.20. The number of nitrogens with one attached hydrogen (secondary N) is 1. The lowest BCUT2D eigenvalue weighted by atomic mass is 10.1. The van der Waals surface area contributed by atoms with Crippen LogP contribution in [-0.4, -0.2) is 29.5 Å². The largest absolute Gasteiger partial charge is 0.352 e. The van der Waals surface area contributed by atoms with Crippen LogP contribution in [0.3, 0.4) is 0 Å². The Morgan fingerprint density at radius 3 is 2.67 bits per heavy atom. The van der Waals surface area contributed by atoms with Gasteiger partial charge >= 0.3 is 0 Å². The first-order valence-corrected chi connectivity index (χ1v) is 7.59. The Hall–Kier alpha value is -1.00. The molecule has 0 aliphatic carbocycles. The summed E-state index contributed by atoms with van der Waals surface area (Å²) in [7, 11) is 0. The van der Waals surface area contributed by atoms with Crippen molar-refractivity contribution < 1.29 is 4.79 Å². The first-order chi connectivity index (χ1) is 8.75. The standard InChI is InChI=1S/C14H20N2OS/c15-13(10-11-4-2-1-3-5-11)14(17)16-12-6-8-18-9-7-12/h1-5,12-13H,6-10,15H2,(H,16,17)/t13-/m1/s1. The Morgan fingerprint density at radius 2 is 2.00 bits per heavy atom. The molecular weight excluding hydrogens is 244 g/mol. The van der Waals surface area contributed by atoms with E-state index >= 15 is 0 Å². The number of carbonyl (C=O) groups excluding carboxylic acids is 1. The molecule has 1 aromatic carbocycles. The van der Waals surface area contributed by atoms with E-state index in [1.165, 1.54) is 0 Å². The number of thioether (sulfide) groups is 1. The number of hydrogen-bond donors (Lipinski definition) is 2. The minimum Gasteiger partial charge on any atom is -0.352 e. The molecule has 0 spiro atoms. The van der Waals surface area contributed by atoms with E-state index in [1.807, 2.05) is 42.1 Å². The highest BCUT2D eigenvalue weighted by atomic mass is 32.2. The van der Waals surface area contributed by atoms with Crippen LogP contribution in [0, 0.1) is 0 Å². The number of carbonyl (C=O) groups is 1. The Labute approximate surface area is 113 Å². The zero-order chi connectivity index (χ0) is 12.8. The Morgan fingerprint density at radius 1 is 1.33 bits per heavy atom. The van der Waals surface area contributed by atoms with Crippen molar-refractivity contribution in [3.05, 3.63) is 35.9 Å². The first kappa shape index (κ1) is 13.4. The predicted molar refractivity (Wildman–Crippen MR) is 76.6 cm³/mol. The maximum absolute atomic E-state index is 12.0. The quantitative estimate of drug-likeness (QED) is 0.868. The van der Waals surface area contributed by atoms with Gasteiger partial charge in [-0.15, -0.1) is 0 Å². The van der Waals surface area contributed by atoms with Crippen LogP contribution < -0.4 is 11.1 Å². The maximum Gasteiger partial charge on any atom is 0.237 e. The van der Waals surface area contributed by atoms with E-state index in [2.05, 4.69) is 5.32 Å². The molecule has 18 heavy (non-hydrogen) atoms. The van der Waals surface area contributed by atoms with Gasteiger partial charge in [-0.1, -0.05) is 30.3 Å². The second-order valence-electron chi connectivity index (χ2n) is 4.69. The van der Waals surface area contributed by atoms with Gasteiger partial charge in [0.15, 0.2) is 0 Å². The zero-order valence-corrected chi connectivity index (χ0v) is 11.3. The van der Waals surface area contributed by atoms with E-state index < -0.39 is 6.04 Å². The Kier molecular flexibility index (Phi) is 5.08. The molecule has 1 aliphatic heterocycles. The zero-order valence-electron chi connectivity index (χ0n) is 10.5. The first-order valence-electron chi connectivity index (χ1n) is 6.43. The van der Waals surface area contributed by atoms with Gasteiger partial charge in [-0.3, -0.25) is 4.79 Å². The van der Waals surface area contributed by atoms with Crippen molar-refractivity contribution in [2.24, 2.45) is 5.73 Å². The predicted octanol–water partition coefficient (Wildman–Crippen LogP) is 1.57. The normalized spacial score (nSPS) is 18.3. The van der Waals surface area contributed by atoms with Crippen molar-refractivity contribution >= 4 is 17.7 Å². The third kappa shape index (κ3) is 4.03. The summed E-state index contributed by atoms with van der Waals surface area (Å²) in [5.41, 5.74) is 7.06. The van der Waals surface area contributed by atoms with Crippen LogP contribution in [-0.2, 0) is 11.2 Å². The molecule has 1 aliphatic rings. The summed E-state index contributed by atoms with van der Waals surface area (Å²) in [6, 6.07) is 9.79. The molecule has 0 aromatic heterocycles.